The number of sulfonamides is 1. The van der Waals surface area contributed by atoms with E-state index < -0.39 is 33.5 Å². The highest BCUT2D eigenvalue weighted by Crippen LogP contribution is 2.28. The van der Waals surface area contributed by atoms with Gasteiger partial charge in [-0.05, 0) is 54.4 Å². The van der Waals surface area contributed by atoms with Gasteiger partial charge in [0.25, 0.3) is 11.6 Å². The fraction of sp³-hybridized carbons (Fsp3) is 0.333. The fourth-order valence-electron chi connectivity index (χ4n) is 5.17. The maximum atomic E-state index is 14.7. The number of halogens is 1. The van der Waals surface area contributed by atoms with E-state index in [9.17, 15) is 22.8 Å². The average Bonchev–Trinajstić information content (AvgIpc) is 3.04. The maximum Gasteiger partial charge on any atom is 0.365 e. The van der Waals surface area contributed by atoms with Crippen LogP contribution in [0.2, 0.25) is 0 Å². The molecule has 236 valence electrons. The Morgan fingerprint density at radius 3 is 2.32 bits per heavy atom. The molecule has 0 aromatic heterocycles. The van der Waals surface area contributed by atoms with Crippen LogP contribution in [0, 0.1) is 0 Å². The Morgan fingerprint density at radius 1 is 1.05 bits per heavy atom. The Morgan fingerprint density at radius 2 is 1.68 bits per heavy atom. The van der Waals surface area contributed by atoms with Gasteiger partial charge in [-0.15, -0.1) is 12.4 Å². The number of benzene rings is 3. The molecular formula is C30H37ClN6O6S. The van der Waals surface area contributed by atoms with Crippen molar-refractivity contribution in [2.45, 2.75) is 49.3 Å². The molecule has 1 aliphatic heterocycles. The topological polar surface area (TPSA) is 164 Å². The average molecular weight is 645 g/mol. The molecule has 3 aromatic carbocycles. The van der Waals surface area contributed by atoms with Gasteiger partial charge in [-0.3, -0.25) is 9.59 Å². The summed E-state index contributed by atoms with van der Waals surface area (Å²) < 4.78 is 35.8. The number of piperidine rings is 1. The van der Waals surface area contributed by atoms with Crippen molar-refractivity contribution in [3.63, 3.8) is 0 Å². The van der Waals surface area contributed by atoms with Gasteiger partial charge in [0.2, 0.25) is 22.3 Å². The summed E-state index contributed by atoms with van der Waals surface area (Å²) in [5.74, 6) is 2.18. The first-order valence-electron chi connectivity index (χ1n) is 13.9. The van der Waals surface area contributed by atoms with Crippen molar-refractivity contribution < 1.29 is 27.5 Å². The highest BCUT2D eigenvalue weighted by molar-refractivity contribution is 7.89. The van der Waals surface area contributed by atoms with Crippen LogP contribution < -0.4 is 15.9 Å². The minimum atomic E-state index is -4.65. The number of likely N-dealkylation sites (N-methyl/N-ethyl adjacent to an activating group) is 1. The van der Waals surface area contributed by atoms with E-state index in [1.807, 2.05) is 12.1 Å². The third-order valence-corrected chi connectivity index (χ3v) is 8.95. The van der Waals surface area contributed by atoms with Crippen molar-refractivity contribution in [2.75, 3.05) is 20.1 Å². The first kappa shape index (κ1) is 34.5. The minimum absolute atomic E-state index is 0. The van der Waals surface area contributed by atoms with Gasteiger partial charge in [0.1, 0.15) is 0 Å². The standard InChI is InChI=1S/C30H36N6O6S.ClH/c1-3-27(37)36(20-22-9-5-4-6-10-22)30(29(39)42-21-33-31,28(38)35(2)25-15-17-32-18-16-25)34-43(40,41)26-14-13-23-11-7-8-12-24(23)19-26;/h4-14,19,21,25,32,34H,3,15-18,20,31H2,1-2H3;1H. The fourth-order valence-corrected chi connectivity index (χ4v) is 6.49. The molecule has 1 saturated heterocycles. The second-order valence-electron chi connectivity index (χ2n) is 10.2. The van der Waals surface area contributed by atoms with Crippen LogP contribution in [-0.4, -0.2) is 74.2 Å². The number of hydrogen-bond donors (Lipinski definition) is 3. The number of hydrogen-bond acceptors (Lipinski definition) is 9. The molecule has 4 rings (SSSR count). The number of carbonyl (C=O) groups is 3. The third-order valence-electron chi connectivity index (χ3n) is 7.51. The van der Waals surface area contributed by atoms with Crippen LogP contribution in [0.1, 0.15) is 31.7 Å². The zero-order valence-electron chi connectivity index (χ0n) is 24.5. The quantitative estimate of drug-likeness (QED) is 0.0545. The molecule has 1 aliphatic rings. The van der Waals surface area contributed by atoms with Crippen LogP contribution in [-0.2, 0) is 35.7 Å². The number of carbonyl (C=O) groups excluding carboxylic acids is 3. The number of ether oxygens (including phenoxy) is 1. The highest BCUT2D eigenvalue weighted by Gasteiger charge is 2.59. The lowest BCUT2D eigenvalue weighted by Gasteiger charge is -2.44. The molecule has 0 saturated carbocycles. The number of esters is 1. The molecule has 1 unspecified atom stereocenters. The van der Waals surface area contributed by atoms with Gasteiger partial charge in [-0.25, -0.2) is 13.2 Å². The Balaban J connectivity index is 0.00000529. The summed E-state index contributed by atoms with van der Waals surface area (Å²) in [7, 11) is -3.16. The Hall–Kier alpha value is -4.04. The van der Waals surface area contributed by atoms with Gasteiger partial charge in [-0.2, -0.15) is 9.82 Å². The van der Waals surface area contributed by atoms with Gasteiger partial charge >= 0.3 is 5.97 Å². The second kappa shape index (κ2) is 15.1. The first-order valence-corrected chi connectivity index (χ1v) is 15.4. The van der Waals surface area contributed by atoms with Crippen molar-refractivity contribution in [1.29, 1.82) is 0 Å². The molecule has 1 fully saturated rings. The summed E-state index contributed by atoms with van der Waals surface area (Å²) in [6.45, 7) is 2.50. The Labute approximate surface area is 263 Å². The number of amides is 2. The Bertz CT molecular complexity index is 1600. The van der Waals surface area contributed by atoms with Crippen molar-refractivity contribution >= 4 is 57.4 Å². The number of nitrogens with two attached hydrogens (primary N) is 1. The summed E-state index contributed by atoms with van der Waals surface area (Å²) in [6, 6.07) is 19.9. The lowest BCUT2D eigenvalue weighted by atomic mass is 10.00. The molecule has 0 bridgehead atoms. The summed E-state index contributed by atoms with van der Waals surface area (Å²) in [6.07, 6.45) is 1.55. The number of rotatable bonds is 11. The third kappa shape index (κ3) is 7.36. The smallest absolute Gasteiger partial charge is 0.365 e. The van der Waals surface area contributed by atoms with Gasteiger partial charge < -0.3 is 25.7 Å². The van der Waals surface area contributed by atoms with Crippen LogP contribution in [0.5, 0.6) is 0 Å². The van der Waals surface area contributed by atoms with Crippen LogP contribution >= 0.6 is 12.4 Å². The number of fused-ring (bicyclic) bond motifs is 1. The molecular weight excluding hydrogens is 608 g/mol. The molecule has 1 heterocycles. The van der Waals surface area contributed by atoms with E-state index >= 15 is 0 Å². The van der Waals surface area contributed by atoms with Crippen molar-refractivity contribution in [1.82, 2.24) is 19.8 Å². The lowest BCUT2D eigenvalue weighted by molar-refractivity contribution is -0.171. The molecule has 0 spiro atoms. The van der Waals surface area contributed by atoms with E-state index in [2.05, 4.69) is 15.1 Å². The number of nitrogens with one attached hydrogen (secondary N) is 2. The minimum Gasteiger partial charge on any atom is -0.410 e. The maximum absolute atomic E-state index is 14.7. The summed E-state index contributed by atoms with van der Waals surface area (Å²) >= 11 is 0. The molecule has 14 heteroatoms. The molecule has 3 aromatic rings. The predicted molar refractivity (Wildman–Crippen MR) is 169 cm³/mol. The van der Waals surface area contributed by atoms with Crippen molar-refractivity contribution in [3.8, 4) is 0 Å². The SMILES string of the molecule is CCC(=O)N(Cc1ccccc1)C(NS(=O)(=O)c1ccc2ccccc2c1)(C(=O)OC=NN)C(=O)N(C)C1CCNCC1.Cl. The number of hydrazone groups is 1. The summed E-state index contributed by atoms with van der Waals surface area (Å²) in [5.41, 5.74) is -2.30. The first-order chi connectivity index (χ1) is 20.6. The van der Waals surface area contributed by atoms with Crippen LogP contribution in [0.3, 0.4) is 0 Å². The van der Waals surface area contributed by atoms with Gasteiger partial charge in [0.05, 0.1) is 4.90 Å². The number of nitrogens with zero attached hydrogens (tertiary/aromatic N) is 3. The van der Waals surface area contributed by atoms with E-state index in [4.69, 9.17) is 10.6 Å². The molecule has 0 radical (unpaired) electrons. The monoisotopic (exact) mass is 644 g/mol. The van der Waals surface area contributed by atoms with E-state index in [1.165, 1.54) is 24.1 Å². The zero-order valence-corrected chi connectivity index (χ0v) is 26.1. The Kier molecular flexibility index (Phi) is 11.8. The molecule has 0 aliphatic carbocycles. The lowest BCUT2D eigenvalue weighted by Crippen LogP contribution is -2.74. The van der Waals surface area contributed by atoms with Crippen LogP contribution in [0.25, 0.3) is 10.8 Å². The van der Waals surface area contributed by atoms with Gasteiger partial charge in [-0.1, -0.05) is 67.6 Å². The van der Waals surface area contributed by atoms with E-state index in [1.54, 1.807) is 55.5 Å². The molecule has 12 nitrogen and oxygen atoms in total. The largest absolute Gasteiger partial charge is 0.410 e. The van der Waals surface area contributed by atoms with E-state index in [0.29, 0.717) is 43.3 Å². The molecule has 1 atom stereocenters. The van der Waals surface area contributed by atoms with Crippen LogP contribution in [0.4, 0.5) is 0 Å². The molecule has 4 N–H and O–H groups in total. The van der Waals surface area contributed by atoms with E-state index in [-0.39, 0.29) is 36.3 Å². The summed E-state index contributed by atoms with van der Waals surface area (Å²) in [4.78, 5) is 44.4. The normalized spacial score (nSPS) is 15.2. The molecule has 2 amide bonds. The van der Waals surface area contributed by atoms with Crippen molar-refractivity contribution in [3.05, 3.63) is 78.4 Å². The van der Waals surface area contributed by atoms with Crippen molar-refractivity contribution in [2.24, 2.45) is 10.9 Å². The van der Waals surface area contributed by atoms with Gasteiger partial charge in [0, 0.05) is 26.1 Å². The molecule has 44 heavy (non-hydrogen) atoms. The van der Waals surface area contributed by atoms with E-state index in [0.717, 1.165) is 10.3 Å². The second-order valence-corrected chi connectivity index (χ2v) is 11.9. The van der Waals surface area contributed by atoms with Crippen LogP contribution in [0.15, 0.2) is 82.8 Å². The summed E-state index contributed by atoms with van der Waals surface area (Å²) in [5, 5.41) is 7.83. The van der Waals surface area contributed by atoms with Gasteiger partial charge in [0.15, 0.2) is 0 Å². The highest BCUT2D eigenvalue weighted by atomic mass is 35.5. The zero-order chi connectivity index (χ0) is 31.0. The predicted octanol–water partition coefficient (Wildman–Crippen LogP) is 2.33.